The summed E-state index contributed by atoms with van der Waals surface area (Å²) in [5.41, 5.74) is 2.01. The molecule has 1 aromatic rings. The standard InChI is InChI=1S/C12H14N2/c13-9-10-4-3-5-11(8-10)12-6-1-2-7-14-12/h3-5,8,12,14H,1-2,6-7H2/t12-/m1/s1. The summed E-state index contributed by atoms with van der Waals surface area (Å²) in [4.78, 5) is 0. The predicted molar refractivity (Wildman–Crippen MR) is 55.8 cm³/mol. The van der Waals surface area contributed by atoms with Crippen molar-refractivity contribution in [3.8, 4) is 6.07 Å². The zero-order valence-corrected chi connectivity index (χ0v) is 8.16. The molecule has 0 unspecified atom stereocenters. The molecule has 0 radical (unpaired) electrons. The number of hydrogen-bond acceptors (Lipinski definition) is 2. The second-order valence-corrected chi connectivity index (χ2v) is 3.74. The quantitative estimate of drug-likeness (QED) is 0.731. The van der Waals surface area contributed by atoms with Crippen molar-refractivity contribution in [2.24, 2.45) is 0 Å². The van der Waals surface area contributed by atoms with Crippen molar-refractivity contribution >= 4 is 0 Å². The molecule has 2 heteroatoms. The lowest BCUT2D eigenvalue weighted by molar-refractivity contribution is 0.412. The average Bonchev–Trinajstić information content (AvgIpc) is 2.30. The van der Waals surface area contributed by atoms with Gasteiger partial charge in [0.05, 0.1) is 11.6 Å². The Hall–Kier alpha value is -1.33. The van der Waals surface area contributed by atoms with Crippen molar-refractivity contribution in [3.63, 3.8) is 0 Å². The molecule has 1 atom stereocenters. The molecule has 0 aliphatic carbocycles. The van der Waals surface area contributed by atoms with Crippen molar-refractivity contribution < 1.29 is 0 Å². The Morgan fingerprint density at radius 2 is 2.29 bits per heavy atom. The van der Waals surface area contributed by atoms with Crippen LogP contribution in [0, 0.1) is 11.3 Å². The predicted octanol–water partition coefficient (Wildman–Crippen LogP) is 2.37. The normalized spacial score (nSPS) is 21.5. The Balaban J connectivity index is 2.18. The fourth-order valence-corrected chi connectivity index (χ4v) is 1.96. The lowest BCUT2D eigenvalue weighted by atomic mass is 9.96. The van der Waals surface area contributed by atoms with E-state index in [9.17, 15) is 0 Å². The molecular formula is C12H14N2. The first-order valence-electron chi connectivity index (χ1n) is 5.13. The largest absolute Gasteiger partial charge is 0.310 e. The second-order valence-electron chi connectivity index (χ2n) is 3.74. The maximum Gasteiger partial charge on any atom is 0.0991 e. The smallest absolute Gasteiger partial charge is 0.0991 e. The van der Waals surface area contributed by atoms with Gasteiger partial charge in [-0.15, -0.1) is 0 Å². The second kappa shape index (κ2) is 4.26. The molecule has 2 rings (SSSR count). The molecule has 2 nitrogen and oxygen atoms in total. The van der Waals surface area contributed by atoms with E-state index in [1.807, 2.05) is 18.2 Å². The molecule has 0 saturated carbocycles. The summed E-state index contributed by atoms with van der Waals surface area (Å²) in [6.07, 6.45) is 3.75. The van der Waals surface area contributed by atoms with Crippen LogP contribution in [0.5, 0.6) is 0 Å². The molecule has 0 spiro atoms. The summed E-state index contributed by atoms with van der Waals surface area (Å²) in [6, 6.07) is 10.5. The number of hydrogen-bond donors (Lipinski definition) is 1. The van der Waals surface area contributed by atoms with Gasteiger partial charge in [0.25, 0.3) is 0 Å². The number of nitriles is 1. The Labute approximate surface area is 84.6 Å². The van der Waals surface area contributed by atoms with E-state index in [2.05, 4.69) is 17.5 Å². The summed E-state index contributed by atoms with van der Waals surface area (Å²) in [5.74, 6) is 0. The minimum Gasteiger partial charge on any atom is -0.310 e. The van der Waals surface area contributed by atoms with Crippen LogP contribution in [-0.2, 0) is 0 Å². The SMILES string of the molecule is N#Cc1cccc([C@H]2CCCCN2)c1. The molecule has 1 aromatic carbocycles. The van der Waals surface area contributed by atoms with E-state index in [4.69, 9.17) is 5.26 Å². The Morgan fingerprint density at radius 3 is 3.00 bits per heavy atom. The van der Waals surface area contributed by atoms with Gasteiger partial charge < -0.3 is 5.32 Å². The van der Waals surface area contributed by atoms with Crippen LogP contribution in [0.4, 0.5) is 0 Å². The molecule has 14 heavy (non-hydrogen) atoms. The lowest BCUT2D eigenvalue weighted by Crippen LogP contribution is -2.26. The van der Waals surface area contributed by atoms with Crippen LogP contribution in [0.15, 0.2) is 24.3 Å². The number of rotatable bonds is 1. The molecule has 0 aromatic heterocycles. The topological polar surface area (TPSA) is 35.8 Å². The minimum absolute atomic E-state index is 0.456. The van der Waals surface area contributed by atoms with Crippen molar-refractivity contribution in [1.29, 1.82) is 5.26 Å². The van der Waals surface area contributed by atoms with Gasteiger partial charge in [-0.3, -0.25) is 0 Å². The Morgan fingerprint density at radius 1 is 1.36 bits per heavy atom. The van der Waals surface area contributed by atoms with Gasteiger partial charge in [-0.05, 0) is 37.1 Å². The molecule has 1 aliphatic rings. The van der Waals surface area contributed by atoms with Crippen LogP contribution in [0.3, 0.4) is 0 Å². The summed E-state index contributed by atoms with van der Waals surface area (Å²) in [6.45, 7) is 1.10. The zero-order chi connectivity index (χ0) is 9.80. The third-order valence-electron chi connectivity index (χ3n) is 2.73. The van der Waals surface area contributed by atoms with Gasteiger partial charge >= 0.3 is 0 Å². The van der Waals surface area contributed by atoms with Crippen LogP contribution in [0.1, 0.15) is 36.4 Å². The lowest BCUT2D eigenvalue weighted by Gasteiger charge is -2.23. The van der Waals surface area contributed by atoms with Crippen LogP contribution in [0.2, 0.25) is 0 Å². The number of piperidine rings is 1. The summed E-state index contributed by atoms with van der Waals surface area (Å²) in [5, 5.41) is 12.3. The number of nitrogens with one attached hydrogen (secondary N) is 1. The maximum absolute atomic E-state index is 8.79. The van der Waals surface area contributed by atoms with Gasteiger partial charge in [0.15, 0.2) is 0 Å². The van der Waals surface area contributed by atoms with E-state index < -0.39 is 0 Å². The zero-order valence-electron chi connectivity index (χ0n) is 8.16. The fourth-order valence-electron chi connectivity index (χ4n) is 1.96. The van der Waals surface area contributed by atoms with Gasteiger partial charge in [0.2, 0.25) is 0 Å². The van der Waals surface area contributed by atoms with Crippen LogP contribution >= 0.6 is 0 Å². The molecule has 1 fully saturated rings. The van der Waals surface area contributed by atoms with Gasteiger partial charge in [-0.25, -0.2) is 0 Å². The highest BCUT2D eigenvalue weighted by Crippen LogP contribution is 2.23. The first kappa shape index (κ1) is 9.23. The maximum atomic E-state index is 8.79. The monoisotopic (exact) mass is 186 g/mol. The summed E-state index contributed by atoms with van der Waals surface area (Å²) < 4.78 is 0. The van der Waals surface area contributed by atoms with Gasteiger partial charge in [-0.1, -0.05) is 18.6 Å². The van der Waals surface area contributed by atoms with Crippen LogP contribution in [0.25, 0.3) is 0 Å². The van der Waals surface area contributed by atoms with Gasteiger partial charge in [-0.2, -0.15) is 5.26 Å². The Kier molecular flexibility index (Phi) is 2.81. The first-order valence-corrected chi connectivity index (χ1v) is 5.13. The highest BCUT2D eigenvalue weighted by molar-refractivity contribution is 5.34. The highest BCUT2D eigenvalue weighted by atomic mass is 14.9. The number of nitrogens with zero attached hydrogens (tertiary/aromatic N) is 1. The van der Waals surface area contributed by atoms with E-state index >= 15 is 0 Å². The van der Waals surface area contributed by atoms with Crippen molar-refractivity contribution in [2.75, 3.05) is 6.54 Å². The molecule has 1 aliphatic heterocycles. The van der Waals surface area contributed by atoms with Gasteiger partial charge in [0, 0.05) is 6.04 Å². The molecule has 1 N–H and O–H groups in total. The van der Waals surface area contributed by atoms with Crippen molar-refractivity contribution in [2.45, 2.75) is 25.3 Å². The van der Waals surface area contributed by atoms with Crippen molar-refractivity contribution in [3.05, 3.63) is 35.4 Å². The average molecular weight is 186 g/mol. The van der Waals surface area contributed by atoms with E-state index in [1.54, 1.807) is 0 Å². The summed E-state index contributed by atoms with van der Waals surface area (Å²) >= 11 is 0. The van der Waals surface area contributed by atoms with E-state index in [0.717, 1.165) is 12.1 Å². The van der Waals surface area contributed by atoms with E-state index in [1.165, 1.54) is 24.8 Å². The molecule has 72 valence electrons. The minimum atomic E-state index is 0.456. The van der Waals surface area contributed by atoms with Crippen LogP contribution < -0.4 is 5.32 Å². The summed E-state index contributed by atoms with van der Waals surface area (Å²) in [7, 11) is 0. The molecule has 0 bridgehead atoms. The molecule has 1 heterocycles. The highest BCUT2D eigenvalue weighted by Gasteiger charge is 2.14. The molecule has 0 amide bonds. The first-order chi connectivity index (χ1) is 6.90. The third-order valence-corrected chi connectivity index (χ3v) is 2.73. The van der Waals surface area contributed by atoms with E-state index in [-0.39, 0.29) is 0 Å². The molecular weight excluding hydrogens is 172 g/mol. The van der Waals surface area contributed by atoms with Crippen molar-refractivity contribution in [1.82, 2.24) is 5.32 Å². The van der Waals surface area contributed by atoms with Gasteiger partial charge in [0.1, 0.15) is 0 Å². The van der Waals surface area contributed by atoms with Crippen LogP contribution in [-0.4, -0.2) is 6.54 Å². The van der Waals surface area contributed by atoms with E-state index in [0.29, 0.717) is 6.04 Å². The Bertz CT molecular complexity index is 346. The molecule has 1 saturated heterocycles. The number of benzene rings is 1. The fraction of sp³-hybridized carbons (Fsp3) is 0.417. The third kappa shape index (κ3) is 1.94.